The van der Waals surface area contributed by atoms with E-state index in [0.29, 0.717) is 18.3 Å². The molecule has 19 heavy (non-hydrogen) atoms. The number of aromatic carboxylic acids is 1. The number of nitrogens with one attached hydrogen (secondary N) is 1. The summed E-state index contributed by atoms with van der Waals surface area (Å²) in [6.07, 6.45) is 2.26. The first-order valence-corrected chi connectivity index (χ1v) is 6.95. The fourth-order valence-electron chi connectivity index (χ4n) is 2.32. The topological polar surface area (TPSA) is 52.6 Å². The molecule has 0 aromatic heterocycles. The molecular weight excluding hydrogens is 315 g/mol. The van der Waals surface area contributed by atoms with Crippen LogP contribution in [0.4, 0.5) is 10.1 Å². The summed E-state index contributed by atoms with van der Waals surface area (Å²) in [6.45, 7) is 1.72. The van der Waals surface area contributed by atoms with E-state index in [2.05, 4.69) is 33.2 Å². The predicted octanol–water partition coefficient (Wildman–Crippen LogP) is 2.79. The lowest BCUT2D eigenvalue weighted by Gasteiger charge is -2.20. The predicted molar refractivity (Wildman–Crippen MR) is 75.2 cm³/mol. The van der Waals surface area contributed by atoms with E-state index in [-0.39, 0.29) is 10.0 Å². The number of hydrogen-bond donors (Lipinski definition) is 2. The van der Waals surface area contributed by atoms with Crippen LogP contribution in [0.15, 0.2) is 16.6 Å². The van der Waals surface area contributed by atoms with Crippen LogP contribution in [0.2, 0.25) is 0 Å². The number of carboxylic acids is 1. The molecule has 104 valence electrons. The Kier molecular flexibility index (Phi) is 4.42. The first-order valence-electron chi connectivity index (χ1n) is 6.16. The van der Waals surface area contributed by atoms with Gasteiger partial charge < -0.3 is 15.3 Å². The molecule has 6 heteroatoms. The molecule has 0 bridgehead atoms. The first-order chi connectivity index (χ1) is 9.00. The van der Waals surface area contributed by atoms with Gasteiger partial charge in [0.2, 0.25) is 0 Å². The highest BCUT2D eigenvalue weighted by molar-refractivity contribution is 9.10. The van der Waals surface area contributed by atoms with Crippen LogP contribution in [-0.2, 0) is 0 Å². The summed E-state index contributed by atoms with van der Waals surface area (Å²) in [6, 6.07) is 3.27. The molecule has 1 aromatic carbocycles. The summed E-state index contributed by atoms with van der Waals surface area (Å²) in [7, 11) is 2.05. The van der Waals surface area contributed by atoms with Crippen LogP contribution in [0.1, 0.15) is 23.2 Å². The van der Waals surface area contributed by atoms with Gasteiger partial charge in [-0.3, -0.25) is 0 Å². The Balaban J connectivity index is 2.09. The van der Waals surface area contributed by atoms with Gasteiger partial charge in [-0.15, -0.1) is 0 Å². The van der Waals surface area contributed by atoms with Crippen molar-refractivity contribution in [3.8, 4) is 0 Å². The van der Waals surface area contributed by atoms with E-state index in [0.717, 1.165) is 19.4 Å². The molecule has 0 aliphatic carbocycles. The van der Waals surface area contributed by atoms with Crippen molar-refractivity contribution in [2.75, 3.05) is 25.5 Å². The molecule has 0 spiro atoms. The van der Waals surface area contributed by atoms with Gasteiger partial charge in [-0.25, -0.2) is 9.18 Å². The summed E-state index contributed by atoms with van der Waals surface area (Å²) in [5.74, 6) is -1.70. The number of rotatable bonds is 4. The SMILES string of the molecule is CN1CCCC1CNc1ccc(C(=O)O)c(Br)c1F. The molecule has 2 N–H and O–H groups in total. The van der Waals surface area contributed by atoms with Gasteiger partial charge >= 0.3 is 5.97 Å². The number of likely N-dealkylation sites (N-methyl/N-ethyl adjacent to an activating group) is 1. The molecule has 1 heterocycles. The minimum absolute atomic E-state index is 0.00947. The Hall–Kier alpha value is -1.14. The quantitative estimate of drug-likeness (QED) is 0.891. The molecule has 1 aliphatic rings. The van der Waals surface area contributed by atoms with Gasteiger partial charge in [0.25, 0.3) is 0 Å². The van der Waals surface area contributed by atoms with Gasteiger partial charge in [0.15, 0.2) is 5.82 Å². The van der Waals surface area contributed by atoms with E-state index >= 15 is 0 Å². The van der Waals surface area contributed by atoms with Crippen molar-refractivity contribution in [3.63, 3.8) is 0 Å². The second kappa shape index (κ2) is 5.88. The van der Waals surface area contributed by atoms with Crippen LogP contribution < -0.4 is 5.32 Å². The van der Waals surface area contributed by atoms with Gasteiger partial charge in [0, 0.05) is 12.6 Å². The van der Waals surface area contributed by atoms with Gasteiger partial charge in [0.1, 0.15) is 0 Å². The molecule has 2 rings (SSSR count). The molecule has 1 unspecified atom stereocenters. The summed E-state index contributed by atoms with van der Waals surface area (Å²) in [5, 5.41) is 11.9. The highest BCUT2D eigenvalue weighted by Crippen LogP contribution is 2.27. The van der Waals surface area contributed by atoms with Crippen LogP contribution in [-0.4, -0.2) is 42.2 Å². The van der Waals surface area contributed by atoms with Crippen LogP contribution >= 0.6 is 15.9 Å². The van der Waals surface area contributed by atoms with Gasteiger partial charge in [0.05, 0.1) is 15.7 Å². The molecule has 0 amide bonds. The Bertz CT molecular complexity index is 496. The number of hydrogen-bond acceptors (Lipinski definition) is 3. The summed E-state index contributed by atoms with van der Waals surface area (Å²) >= 11 is 2.99. The molecule has 1 fully saturated rings. The van der Waals surface area contributed by atoms with Gasteiger partial charge in [-0.2, -0.15) is 0 Å². The monoisotopic (exact) mass is 330 g/mol. The van der Waals surface area contributed by atoms with Crippen molar-refractivity contribution in [2.45, 2.75) is 18.9 Å². The van der Waals surface area contributed by atoms with Crippen LogP contribution in [0.3, 0.4) is 0 Å². The molecule has 0 saturated carbocycles. The van der Waals surface area contributed by atoms with E-state index in [1.165, 1.54) is 12.1 Å². The lowest BCUT2D eigenvalue weighted by Crippen LogP contribution is -2.31. The summed E-state index contributed by atoms with van der Waals surface area (Å²) in [4.78, 5) is 13.1. The lowest BCUT2D eigenvalue weighted by atomic mass is 10.1. The standard InChI is InChI=1S/C13H16BrFN2O2/c1-17-6-2-3-8(17)7-16-10-5-4-9(13(18)19)11(14)12(10)15/h4-5,8,16H,2-3,6-7H2,1H3,(H,18,19). The number of nitrogens with zero attached hydrogens (tertiary/aromatic N) is 1. The minimum atomic E-state index is -1.15. The Morgan fingerprint density at radius 1 is 1.63 bits per heavy atom. The fourth-order valence-corrected chi connectivity index (χ4v) is 2.83. The van der Waals surface area contributed by atoms with Gasteiger partial charge in [-0.05, 0) is 54.5 Å². The highest BCUT2D eigenvalue weighted by atomic mass is 79.9. The molecule has 1 saturated heterocycles. The zero-order valence-corrected chi connectivity index (χ0v) is 12.2. The average Bonchev–Trinajstić information content (AvgIpc) is 2.76. The molecule has 1 aliphatic heterocycles. The van der Waals surface area contributed by atoms with E-state index in [1.807, 2.05) is 0 Å². The van der Waals surface area contributed by atoms with Crippen LogP contribution in [0, 0.1) is 5.82 Å². The zero-order chi connectivity index (χ0) is 14.0. The molecule has 1 atom stereocenters. The second-order valence-electron chi connectivity index (χ2n) is 4.75. The third kappa shape index (κ3) is 3.06. The largest absolute Gasteiger partial charge is 0.478 e. The Morgan fingerprint density at radius 3 is 2.95 bits per heavy atom. The lowest BCUT2D eigenvalue weighted by molar-refractivity contribution is 0.0695. The van der Waals surface area contributed by atoms with Crippen molar-refractivity contribution >= 4 is 27.6 Å². The maximum absolute atomic E-state index is 14.0. The first kappa shape index (κ1) is 14.3. The van der Waals surface area contributed by atoms with E-state index in [9.17, 15) is 9.18 Å². The van der Waals surface area contributed by atoms with Crippen molar-refractivity contribution < 1.29 is 14.3 Å². The van der Waals surface area contributed by atoms with Gasteiger partial charge in [-0.1, -0.05) is 0 Å². The summed E-state index contributed by atoms with van der Waals surface area (Å²) < 4.78 is 14.0. The van der Waals surface area contributed by atoms with E-state index < -0.39 is 11.8 Å². The maximum atomic E-state index is 14.0. The number of likely N-dealkylation sites (tertiary alicyclic amines) is 1. The number of anilines is 1. The van der Waals surface area contributed by atoms with Crippen molar-refractivity contribution in [1.29, 1.82) is 0 Å². The number of carboxylic acid groups (broad SMARTS) is 1. The Labute approximate surface area is 119 Å². The fraction of sp³-hybridized carbons (Fsp3) is 0.462. The number of carbonyl (C=O) groups is 1. The van der Waals surface area contributed by atoms with Crippen LogP contribution in [0.5, 0.6) is 0 Å². The van der Waals surface area contributed by atoms with Crippen molar-refractivity contribution in [1.82, 2.24) is 4.90 Å². The molecule has 1 aromatic rings. The molecular formula is C13H16BrFN2O2. The minimum Gasteiger partial charge on any atom is -0.478 e. The smallest absolute Gasteiger partial charge is 0.336 e. The number of halogens is 2. The average molecular weight is 331 g/mol. The summed E-state index contributed by atoms with van der Waals surface area (Å²) in [5.41, 5.74) is 0.262. The third-order valence-electron chi connectivity index (χ3n) is 3.51. The highest BCUT2D eigenvalue weighted by Gasteiger charge is 2.21. The van der Waals surface area contributed by atoms with Crippen molar-refractivity contribution in [3.05, 3.63) is 28.0 Å². The normalized spacial score (nSPS) is 19.6. The Morgan fingerprint density at radius 2 is 2.37 bits per heavy atom. The zero-order valence-electron chi connectivity index (χ0n) is 10.6. The number of benzene rings is 1. The van der Waals surface area contributed by atoms with E-state index in [4.69, 9.17) is 5.11 Å². The van der Waals surface area contributed by atoms with E-state index in [1.54, 1.807) is 0 Å². The molecule has 4 nitrogen and oxygen atoms in total. The van der Waals surface area contributed by atoms with Crippen LogP contribution in [0.25, 0.3) is 0 Å². The molecule has 0 radical (unpaired) electrons. The third-order valence-corrected chi connectivity index (χ3v) is 4.29. The van der Waals surface area contributed by atoms with Crippen molar-refractivity contribution in [2.24, 2.45) is 0 Å². The maximum Gasteiger partial charge on any atom is 0.336 e. The second-order valence-corrected chi connectivity index (χ2v) is 5.54.